The monoisotopic (exact) mass is 455 g/mol. The summed E-state index contributed by atoms with van der Waals surface area (Å²) < 4.78 is 6.08. The average Bonchev–Trinajstić information content (AvgIpc) is 2.72. The molecule has 0 atom stereocenters. The number of benzene rings is 2. The third-order valence-electron chi connectivity index (χ3n) is 4.75. The third kappa shape index (κ3) is 4.08. The fourth-order valence-electron chi connectivity index (χ4n) is 3.28. The number of hydrogen-bond donors (Lipinski definition) is 1. The summed E-state index contributed by atoms with van der Waals surface area (Å²) in [5.74, 6) is -1.36. The molecule has 29 heavy (non-hydrogen) atoms. The maximum Gasteiger partial charge on any atom is 0.335 e. The van der Waals surface area contributed by atoms with Gasteiger partial charge >= 0.3 is 6.03 Å². The zero-order valence-electron chi connectivity index (χ0n) is 15.4. The number of anilines is 2. The van der Waals surface area contributed by atoms with Gasteiger partial charge in [-0.25, -0.2) is 9.69 Å². The number of hydrogen-bond acceptors (Lipinski definition) is 5. The van der Waals surface area contributed by atoms with Gasteiger partial charge in [0.25, 0.3) is 11.8 Å². The van der Waals surface area contributed by atoms with E-state index in [1.54, 1.807) is 24.3 Å². The first kappa shape index (κ1) is 19.4. The maximum absolute atomic E-state index is 12.9. The second-order valence-corrected chi connectivity index (χ2v) is 7.54. The molecule has 7 nitrogen and oxygen atoms in total. The van der Waals surface area contributed by atoms with Crippen LogP contribution in [0.2, 0.25) is 0 Å². The van der Waals surface area contributed by atoms with Crippen LogP contribution in [0, 0.1) is 0 Å². The Hall–Kier alpha value is -2.97. The molecule has 2 aliphatic rings. The van der Waals surface area contributed by atoms with Crippen LogP contribution in [0.4, 0.5) is 16.2 Å². The minimum absolute atomic E-state index is 0.0938. The van der Waals surface area contributed by atoms with E-state index < -0.39 is 17.8 Å². The molecule has 0 aromatic heterocycles. The summed E-state index contributed by atoms with van der Waals surface area (Å²) in [4.78, 5) is 40.6. The zero-order chi connectivity index (χ0) is 20.4. The van der Waals surface area contributed by atoms with E-state index in [-0.39, 0.29) is 5.57 Å². The molecule has 4 rings (SSSR count). The lowest BCUT2D eigenvalue weighted by atomic mass is 10.1. The Labute approximate surface area is 176 Å². The van der Waals surface area contributed by atoms with Crippen molar-refractivity contribution in [1.29, 1.82) is 0 Å². The van der Waals surface area contributed by atoms with Crippen molar-refractivity contribution in [2.45, 2.75) is 0 Å². The van der Waals surface area contributed by atoms with E-state index in [1.165, 1.54) is 6.08 Å². The summed E-state index contributed by atoms with van der Waals surface area (Å²) in [6, 6.07) is 13.6. The molecule has 1 N–H and O–H groups in total. The van der Waals surface area contributed by atoms with Crippen LogP contribution in [-0.4, -0.2) is 44.1 Å². The molecular weight excluding hydrogens is 438 g/mol. The fourth-order valence-corrected chi connectivity index (χ4v) is 3.66. The summed E-state index contributed by atoms with van der Waals surface area (Å²) in [5, 5.41) is 2.23. The number of imide groups is 2. The molecule has 0 unspecified atom stereocenters. The Morgan fingerprint density at radius 3 is 2.38 bits per heavy atom. The van der Waals surface area contributed by atoms with Gasteiger partial charge in [-0.15, -0.1) is 0 Å². The molecule has 4 amide bonds. The summed E-state index contributed by atoms with van der Waals surface area (Å²) in [7, 11) is 0. The Bertz CT molecular complexity index is 997. The van der Waals surface area contributed by atoms with E-state index in [1.807, 2.05) is 24.3 Å². The van der Waals surface area contributed by atoms with Crippen molar-refractivity contribution < 1.29 is 19.1 Å². The normalized spacial score (nSPS) is 18.9. The molecule has 0 bridgehead atoms. The van der Waals surface area contributed by atoms with Gasteiger partial charge in [-0.2, -0.15) is 0 Å². The number of barbiturate groups is 1. The van der Waals surface area contributed by atoms with Crippen LogP contribution in [-0.2, 0) is 14.3 Å². The van der Waals surface area contributed by atoms with Gasteiger partial charge in [0.1, 0.15) is 5.57 Å². The van der Waals surface area contributed by atoms with Gasteiger partial charge in [0.2, 0.25) is 0 Å². The third-order valence-corrected chi connectivity index (χ3v) is 5.24. The molecule has 0 spiro atoms. The molecule has 2 heterocycles. The van der Waals surface area contributed by atoms with Crippen LogP contribution >= 0.6 is 15.9 Å². The molecule has 2 aromatic rings. The van der Waals surface area contributed by atoms with Crippen molar-refractivity contribution >= 4 is 51.2 Å². The van der Waals surface area contributed by atoms with Crippen LogP contribution in [0.1, 0.15) is 5.56 Å². The van der Waals surface area contributed by atoms with Gasteiger partial charge in [-0.3, -0.25) is 14.9 Å². The van der Waals surface area contributed by atoms with Gasteiger partial charge in [0, 0.05) is 23.2 Å². The highest BCUT2D eigenvalue weighted by Gasteiger charge is 2.36. The van der Waals surface area contributed by atoms with Crippen LogP contribution in [0.15, 0.2) is 58.6 Å². The molecule has 8 heteroatoms. The molecule has 2 saturated heterocycles. The van der Waals surface area contributed by atoms with Gasteiger partial charge in [-0.05, 0) is 42.0 Å². The van der Waals surface area contributed by atoms with E-state index in [2.05, 4.69) is 26.1 Å². The first-order valence-corrected chi connectivity index (χ1v) is 9.92. The van der Waals surface area contributed by atoms with Gasteiger partial charge in [-0.1, -0.05) is 34.1 Å². The van der Waals surface area contributed by atoms with Crippen LogP contribution in [0.5, 0.6) is 0 Å². The van der Waals surface area contributed by atoms with Crippen LogP contribution in [0.25, 0.3) is 6.08 Å². The van der Waals surface area contributed by atoms with E-state index in [0.717, 1.165) is 28.1 Å². The van der Waals surface area contributed by atoms with E-state index in [0.29, 0.717) is 24.5 Å². The smallest absolute Gasteiger partial charge is 0.335 e. The van der Waals surface area contributed by atoms with Crippen molar-refractivity contribution in [3.05, 3.63) is 64.1 Å². The fraction of sp³-hybridized carbons (Fsp3) is 0.190. The van der Waals surface area contributed by atoms with Gasteiger partial charge < -0.3 is 9.64 Å². The molecule has 2 fully saturated rings. The number of carbonyl (C=O) groups is 3. The molecule has 148 valence electrons. The predicted molar refractivity (Wildman–Crippen MR) is 113 cm³/mol. The minimum atomic E-state index is -0.766. The second-order valence-electron chi connectivity index (χ2n) is 6.63. The number of amides is 4. The average molecular weight is 456 g/mol. The van der Waals surface area contributed by atoms with Crippen LogP contribution < -0.4 is 15.1 Å². The van der Waals surface area contributed by atoms with Gasteiger partial charge in [0.15, 0.2) is 0 Å². The van der Waals surface area contributed by atoms with Crippen molar-refractivity contribution in [2.75, 3.05) is 36.1 Å². The molecular formula is C21H18BrN3O4. The zero-order valence-corrected chi connectivity index (χ0v) is 17.0. The molecule has 2 aromatic carbocycles. The number of carbonyl (C=O) groups excluding carboxylic acids is 3. The van der Waals surface area contributed by atoms with E-state index in [4.69, 9.17) is 4.74 Å². The maximum atomic E-state index is 12.9. The van der Waals surface area contributed by atoms with Crippen molar-refractivity contribution in [2.24, 2.45) is 0 Å². The lowest BCUT2D eigenvalue weighted by molar-refractivity contribution is -0.122. The Balaban J connectivity index is 1.60. The van der Waals surface area contributed by atoms with Gasteiger partial charge in [0.05, 0.1) is 18.9 Å². The first-order chi connectivity index (χ1) is 14.0. The number of nitrogens with zero attached hydrogens (tertiary/aromatic N) is 2. The van der Waals surface area contributed by atoms with Crippen molar-refractivity contribution in [1.82, 2.24) is 5.32 Å². The summed E-state index contributed by atoms with van der Waals surface area (Å²) >= 11 is 3.33. The number of halogens is 1. The van der Waals surface area contributed by atoms with E-state index in [9.17, 15) is 14.4 Å². The van der Waals surface area contributed by atoms with Crippen LogP contribution in [0.3, 0.4) is 0 Å². The number of rotatable bonds is 3. The first-order valence-electron chi connectivity index (χ1n) is 9.13. The quantitative estimate of drug-likeness (QED) is 0.568. The van der Waals surface area contributed by atoms with Crippen molar-refractivity contribution in [3.8, 4) is 0 Å². The number of ether oxygens (including phenoxy) is 1. The molecule has 2 aliphatic heterocycles. The Morgan fingerprint density at radius 1 is 0.966 bits per heavy atom. The number of urea groups is 1. The molecule has 0 saturated carbocycles. The second kappa shape index (κ2) is 8.18. The SMILES string of the molecule is O=C1NC(=O)N(c2cccc(Br)c2)C(=O)/C1=C/c1ccc(N2CCOCC2)cc1. The minimum Gasteiger partial charge on any atom is -0.378 e. The summed E-state index contributed by atoms with van der Waals surface area (Å²) in [5.41, 5.74) is 2.04. The highest BCUT2D eigenvalue weighted by molar-refractivity contribution is 9.10. The largest absolute Gasteiger partial charge is 0.378 e. The number of nitrogens with one attached hydrogen (secondary N) is 1. The standard InChI is InChI=1S/C21H18BrN3O4/c22-15-2-1-3-17(13-15)25-20(27)18(19(26)23-21(25)28)12-14-4-6-16(7-5-14)24-8-10-29-11-9-24/h1-7,12-13H,8-11H2,(H,23,26,28)/b18-12+. The number of morpholine rings is 1. The molecule has 0 radical (unpaired) electrons. The Kier molecular flexibility index (Phi) is 5.46. The summed E-state index contributed by atoms with van der Waals surface area (Å²) in [6.07, 6.45) is 1.50. The topological polar surface area (TPSA) is 79.0 Å². The highest BCUT2D eigenvalue weighted by atomic mass is 79.9. The lowest BCUT2D eigenvalue weighted by Crippen LogP contribution is -2.54. The van der Waals surface area contributed by atoms with E-state index >= 15 is 0 Å². The molecule has 0 aliphatic carbocycles. The lowest BCUT2D eigenvalue weighted by Gasteiger charge is -2.29. The van der Waals surface area contributed by atoms with Crippen molar-refractivity contribution in [3.63, 3.8) is 0 Å². The highest BCUT2D eigenvalue weighted by Crippen LogP contribution is 2.25. The predicted octanol–water partition coefficient (Wildman–Crippen LogP) is 2.95. The summed E-state index contributed by atoms with van der Waals surface area (Å²) in [6.45, 7) is 3.04. The Morgan fingerprint density at radius 2 is 1.69 bits per heavy atom.